The Balaban J connectivity index is 2.30. The molecule has 10 nitrogen and oxygen atoms in total. The van der Waals surface area contributed by atoms with Crippen LogP contribution in [-0.2, 0) is 30.3 Å². The molecule has 3 amide bonds. The largest absolute Gasteiger partial charge is 0.467 e. The monoisotopic (exact) mass is 555 g/mol. The minimum Gasteiger partial charge on any atom is -0.467 e. The van der Waals surface area contributed by atoms with E-state index in [-0.39, 0.29) is 12.3 Å². The van der Waals surface area contributed by atoms with Crippen molar-refractivity contribution in [1.29, 1.82) is 0 Å². The third kappa shape index (κ3) is 10.00. The van der Waals surface area contributed by atoms with Crippen molar-refractivity contribution in [1.82, 2.24) is 16.0 Å². The predicted molar refractivity (Wildman–Crippen MR) is 150 cm³/mol. The van der Waals surface area contributed by atoms with Crippen LogP contribution in [0.4, 0.5) is 4.79 Å². The summed E-state index contributed by atoms with van der Waals surface area (Å²) in [6, 6.07) is 14.0. The molecule has 4 N–H and O–H groups in total. The summed E-state index contributed by atoms with van der Waals surface area (Å²) in [6.07, 6.45) is -1.63. The smallest absolute Gasteiger partial charge is 0.408 e. The van der Waals surface area contributed by atoms with E-state index in [4.69, 9.17) is 9.47 Å². The number of methoxy groups -OCH3 is 1. The first kappa shape index (κ1) is 32.3. The number of nitrogens with one attached hydrogen (secondary N) is 3. The molecular weight excluding hydrogens is 514 g/mol. The minimum atomic E-state index is -1.47. The third-order valence-corrected chi connectivity index (χ3v) is 6.29. The number of esters is 1. The zero-order valence-electron chi connectivity index (χ0n) is 24.0. The van der Waals surface area contributed by atoms with E-state index in [1.165, 1.54) is 7.11 Å². The fourth-order valence-corrected chi connectivity index (χ4v) is 3.96. The number of rotatable bonds is 12. The number of ether oxygens (including phenoxy) is 2. The molecule has 0 bridgehead atoms. The normalized spacial score (nSPS) is 15.0. The molecule has 0 unspecified atom stereocenters. The van der Waals surface area contributed by atoms with Crippen LogP contribution in [0.2, 0.25) is 0 Å². The molecule has 2 rings (SSSR count). The van der Waals surface area contributed by atoms with Gasteiger partial charge in [0.15, 0.2) is 0 Å². The Morgan fingerprint density at radius 2 is 1.40 bits per heavy atom. The fraction of sp³-hybridized carbons (Fsp3) is 0.467. The molecule has 0 aromatic heterocycles. The second kappa shape index (κ2) is 15.0. The summed E-state index contributed by atoms with van der Waals surface area (Å²) in [4.78, 5) is 52.1. The maximum absolute atomic E-state index is 13.5. The molecule has 2 aromatic rings. The summed E-state index contributed by atoms with van der Waals surface area (Å²) in [6.45, 7) is 8.65. The van der Waals surface area contributed by atoms with Gasteiger partial charge in [0.25, 0.3) is 0 Å². The summed E-state index contributed by atoms with van der Waals surface area (Å²) in [5.74, 6) is -2.37. The van der Waals surface area contributed by atoms with Gasteiger partial charge in [-0.2, -0.15) is 0 Å². The molecule has 0 saturated heterocycles. The Morgan fingerprint density at radius 1 is 0.850 bits per heavy atom. The highest BCUT2D eigenvalue weighted by Gasteiger charge is 2.36. The van der Waals surface area contributed by atoms with E-state index in [1.807, 2.05) is 37.3 Å². The van der Waals surface area contributed by atoms with Crippen LogP contribution in [-0.4, -0.2) is 59.8 Å². The lowest BCUT2D eigenvalue weighted by Gasteiger charge is -2.30. The molecule has 0 fully saturated rings. The van der Waals surface area contributed by atoms with Gasteiger partial charge in [-0.25, -0.2) is 9.59 Å². The number of aliphatic hydroxyl groups excluding tert-OH is 1. The van der Waals surface area contributed by atoms with E-state index in [9.17, 15) is 24.3 Å². The summed E-state index contributed by atoms with van der Waals surface area (Å²) in [5, 5.41) is 18.9. The second-order valence-corrected chi connectivity index (χ2v) is 10.6. The van der Waals surface area contributed by atoms with Crippen LogP contribution < -0.4 is 16.0 Å². The Labute approximate surface area is 235 Å². The molecule has 10 heteroatoms. The molecule has 0 aliphatic carbocycles. The summed E-state index contributed by atoms with van der Waals surface area (Å²) in [5.41, 5.74) is 0.357. The van der Waals surface area contributed by atoms with Crippen molar-refractivity contribution < 1.29 is 33.8 Å². The molecule has 0 spiro atoms. The molecule has 0 heterocycles. The highest BCUT2D eigenvalue weighted by molar-refractivity contribution is 5.93. The SMILES string of the molecule is CC[C@H](C)[C@H](NC(=O)[C@@H](NC(=O)OC(C)(C)C)[C@@H](O)c1ccccc1)C(=O)N[C@@H](Cc1ccccc1)C(=O)OC. The van der Waals surface area contributed by atoms with Gasteiger partial charge in [0, 0.05) is 6.42 Å². The minimum absolute atomic E-state index is 0.190. The van der Waals surface area contributed by atoms with Crippen LogP contribution >= 0.6 is 0 Å². The highest BCUT2D eigenvalue weighted by Crippen LogP contribution is 2.19. The molecule has 218 valence electrons. The van der Waals surface area contributed by atoms with Gasteiger partial charge in [-0.1, -0.05) is 80.9 Å². The van der Waals surface area contributed by atoms with Gasteiger partial charge in [-0.05, 0) is 37.8 Å². The Hall–Kier alpha value is -3.92. The van der Waals surface area contributed by atoms with Crippen LogP contribution in [0, 0.1) is 5.92 Å². The molecule has 0 aliphatic rings. The van der Waals surface area contributed by atoms with Crippen molar-refractivity contribution in [3.8, 4) is 0 Å². The summed E-state index contributed by atoms with van der Waals surface area (Å²) < 4.78 is 10.2. The van der Waals surface area contributed by atoms with Gasteiger partial charge in [0.1, 0.15) is 29.8 Å². The maximum atomic E-state index is 13.5. The van der Waals surface area contributed by atoms with Crippen LogP contribution in [0.25, 0.3) is 0 Å². The van der Waals surface area contributed by atoms with E-state index in [1.54, 1.807) is 58.0 Å². The lowest BCUT2D eigenvalue weighted by Crippen LogP contribution is -2.59. The zero-order chi connectivity index (χ0) is 29.9. The number of hydrogen-bond donors (Lipinski definition) is 4. The van der Waals surface area contributed by atoms with Gasteiger partial charge in [-0.3, -0.25) is 9.59 Å². The maximum Gasteiger partial charge on any atom is 0.408 e. The topological polar surface area (TPSA) is 143 Å². The first-order chi connectivity index (χ1) is 18.9. The predicted octanol–water partition coefficient (Wildman–Crippen LogP) is 3.04. The van der Waals surface area contributed by atoms with Gasteiger partial charge < -0.3 is 30.5 Å². The number of aliphatic hydroxyl groups is 1. The number of carbonyl (C=O) groups is 4. The van der Waals surface area contributed by atoms with Gasteiger partial charge in [0.2, 0.25) is 11.8 Å². The van der Waals surface area contributed by atoms with Crippen molar-refractivity contribution in [2.75, 3.05) is 7.11 Å². The quantitative estimate of drug-likeness (QED) is 0.295. The molecule has 2 aromatic carbocycles. The average molecular weight is 556 g/mol. The highest BCUT2D eigenvalue weighted by atomic mass is 16.6. The second-order valence-electron chi connectivity index (χ2n) is 10.6. The standard InChI is InChI=1S/C30H41N3O7/c1-7-19(2)23(26(35)31-22(28(37)39-6)18-20-14-10-8-11-15-20)32-27(36)24(33-29(38)40-30(3,4)5)25(34)21-16-12-9-13-17-21/h8-17,19,22-25,34H,7,18H2,1-6H3,(H,31,35)(H,32,36)(H,33,38)/t19-,22-,23-,24-,25-/m0/s1. The zero-order valence-corrected chi connectivity index (χ0v) is 24.0. The average Bonchev–Trinajstić information content (AvgIpc) is 2.92. The number of hydrogen-bond acceptors (Lipinski definition) is 7. The van der Waals surface area contributed by atoms with E-state index >= 15 is 0 Å². The molecule has 0 saturated carbocycles. The number of alkyl carbamates (subject to hydrolysis) is 1. The summed E-state index contributed by atoms with van der Waals surface area (Å²) in [7, 11) is 1.23. The molecule has 5 atom stereocenters. The van der Waals surface area contributed by atoms with Crippen molar-refractivity contribution in [2.45, 2.75) is 77.3 Å². The van der Waals surface area contributed by atoms with E-state index in [2.05, 4.69) is 16.0 Å². The number of benzene rings is 2. The van der Waals surface area contributed by atoms with Gasteiger partial charge in [-0.15, -0.1) is 0 Å². The molecule has 0 aliphatic heterocycles. The van der Waals surface area contributed by atoms with E-state index < -0.39 is 53.7 Å². The van der Waals surface area contributed by atoms with Crippen LogP contribution in [0.1, 0.15) is 58.3 Å². The summed E-state index contributed by atoms with van der Waals surface area (Å²) >= 11 is 0. The first-order valence-corrected chi connectivity index (χ1v) is 13.3. The number of carbonyl (C=O) groups excluding carboxylic acids is 4. The first-order valence-electron chi connectivity index (χ1n) is 13.3. The Morgan fingerprint density at radius 3 is 1.93 bits per heavy atom. The van der Waals surface area contributed by atoms with E-state index in [0.717, 1.165) is 5.56 Å². The van der Waals surface area contributed by atoms with Crippen molar-refractivity contribution >= 4 is 23.9 Å². The van der Waals surface area contributed by atoms with Crippen molar-refractivity contribution in [3.63, 3.8) is 0 Å². The van der Waals surface area contributed by atoms with E-state index in [0.29, 0.717) is 12.0 Å². The molecule has 40 heavy (non-hydrogen) atoms. The van der Waals surface area contributed by atoms with Crippen LogP contribution in [0.5, 0.6) is 0 Å². The van der Waals surface area contributed by atoms with Crippen molar-refractivity contribution in [3.05, 3.63) is 71.8 Å². The van der Waals surface area contributed by atoms with Crippen LogP contribution in [0.3, 0.4) is 0 Å². The Bertz CT molecular complexity index is 1120. The third-order valence-electron chi connectivity index (χ3n) is 6.29. The van der Waals surface area contributed by atoms with Gasteiger partial charge >= 0.3 is 12.1 Å². The Kier molecular flexibility index (Phi) is 12.1. The number of amides is 3. The van der Waals surface area contributed by atoms with Crippen LogP contribution in [0.15, 0.2) is 60.7 Å². The molecular formula is C30H41N3O7. The lowest BCUT2D eigenvalue weighted by atomic mass is 9.95. The van der Waals surface area contributed by atoms with Crippen molar-refractivity contribution in [2.24, 2.45) is 5.92 Å². The lowest BCUT2D eigenvalue weighted by molar-refractivity contribution is -0.145. The fourth-order valence-electron chi connectivity index (χ4n) is 3.96. The molecule has 0 radical (unpaired) electrons. The van der Waals surface area contributed by atoms with Gasteiger partial charge in [0.05, 0.1) is 7.11 Å².